The average molecular weight is 409 g/mol. The molecule has 3 heterocycles. The number of furan rings is 1. The quantitative estimate of drug-likeness (QED) is 0.671. The van der Waals surface area contributed by atoms with E-state index in [1.807, 2.05) is 30.3 Å². The number of allylic oxidation sites excluding steroid dienone is 1. The zero-order chi connectivity index (χ0) is 20.9. The van der Waals surface area contributed by atoms with E-state index in [9.17, 15) is 14.7 Å². The summed E-state index contributed by atoms with van der Waals surface area (Å²) in [7, 11) is 0. The highest BCUT2D eigenvalue weighted by atomic mass is 16.5. The van der Waals surface area contributed by atoms with E-state index in [-0.39, 0.29) is 5.57 Å². The number of rotatable bonds is 7. The van der Waals surface area contributed by atoms with Gasteiger partial charge in [-0.3, -0.25) is 9.59 Å². The van der Waals surface area contributed by atoms with Gasteiger partial charge in [-0.2, -0.15) is 0 Å². The number of hydrogen-bond acceptors (Lipinski definition) is 5. The summed E-state index contributed by atoms with van der Waals surface area (Å²) in [4.78, 5) is 28.8. The molecule has 1 aromatic heterocycles. The molecule has 1 amide bonds. The SMILES string of the molecule is O=C(/C=C/c1ccco1)C1=C(O)C(=O)N(CC[NH+]2CCOCC2)[C@@H]1c1ccccc1. The van der Waals surface area contributed by atoms with Gasteiger partial charge >= 0.3 is 0 Å². The van der Waals surface area contributed by atoms with Crippen LogP contribution in [0.4, 0.5) is 0 Å². The Bertz CT molecular complexity index is 943. The summed E-state index contributed by atoms with van der Waals surface area (Å²) >= 11 is 0. The van der Waals surface area contributed by atoms with E-state index in [1.54, 1.807) is 17.0 Å². The van der Waals surface area contributed by atoms with Gasteiger partial charge in [0.05, 0.1) is 44.2 Å². The van der Waals surface area contributed by atoms with Crippen molar-refractivity contribution in [2.45, 2.75) is 6.04 Å². The van der Waals surface area contributed by atoms with E-state index in [1.165, 1.54) is 23.3 Å². The first-order valence-corrected chi connectivity index (χ1v) is 10.1. The van der Waals surface area contributed by atoms with Crippen LogP contribution in [-0.2, 0) is 14.3 Å². The molecule has 0 unspecified atom stereocenters. The topological polar surface area (TPSA) is 84.4 Å². The van der Waals surface area contributed by atoms with Crippen molar-refractivity contribution in [3.05, 3.63) is 77.5 Å². The number of aliphatic hydroxyl groups excluding tert-OH is 1. The Morgan fingerprint density at radius 3 is 2.63 bits per heavy atom. The maximum absolute atomic E-state index is 13.0. The van der Waals surface area contributed by atoms with Crippen molar-refractivity contribution in [2.75, 3.05) is 39.4 Å². The molecule has 0 bridgehead atoms. The second-order valence-electron chi connectivity index (χ2n) is 7.40. The van der Waals surface area contributed by atoms with Crippen molar-refractivity contribution in [1.29, 1.82) is 0 Å². The summed E-state index contributed by atoms with van der Waals surface area (Å²) < 4.78 is 10.6. The minimum Gasteiger partial charge on any atom is -0.503 e. The molecule has 1 atom stereocenters. The number of carbonyl (C=O) groups excluding carboxylic acids is 2. The van der Waals surface area contributed by atoms with Gasteiger partial charge in [-0.1, -0.05) is 30.3 Å². The largest absolute Gasteiger partial charge is 0.503 e. The van der Waals surface area contributed by atoms with Crippen LogP contribution in [0, 0.1) is 0 Å². The van der Waals surface area contributed by atoms with Crippen LogP contribution in [0.1, 0.15) is 17.4 Å². The summed E-state index contributed by atoms with van der Waals surface area (Å²) in [6, 6.07) is 12.2. The van der Waals surface area contributed by atoms with E-state index in [0.717, 1.165) is 25.2 Å². The van der Waals surface area contributed by atoms with Crippen LogP contribution in [-0.4, -0.2) is 61.1 Å². The predicted octanol–water partition coefficient (Wildman–Crippen LogP) is 1.17. The zero-order valence-electron chi connectivity index (χ0n) is 16.6. The van der Waals surface area contributed by atoms with E-state index in [0.29, 0.717) is 25.5 Å². The predicted molar refractivity (Wildman–Crippen MR) is 110 cm³/mol. The zero-order valence-corrected chi connectivity index (χ0v) is 16.6. The van der Waals surface area contributed by atoms with Crippen molar-refractivity contribution in [2.24, 2.45) is 0 Å². The Balaban J connectivity index is 1.59. The molecule has 2 N–H and O–H groups in total. The fourth-order valence-electron chi connectivity index (χ4n) is 3.94. The Kier molecular flexibility index (Phi) is 6.11. The minimum absolute atomic E-state index is 0.103. The first-order chi connectivity index (χ1) is 14.6. The van der Waals surface area contributed by atoms with Crippen molar-refractivity contribution >= 4 is 17.8 Å². The third kappa shape index (κ3) is 4.22. The van der Waals surface area contributed by atoms with Crippen molar-refractivity contribution in [3.8, 4) is 0 Å². The highest BCUT2D eigenvalue weighted by Crippen LogP contribution is 2.37. The molecule has 1 saturated heterocycles. The van der Waals surface area contributed by atoms with Crippen LogP contribution in [0.15, 0.2) is 70.6 Å². The summed E-state index contributed by atoms with van der Waals surface area (Å²) in [5.41, 5.74) is 0.896. The fourth-order valence-corrected chi connectivity index (χ4v) is 3.94. The molecule has 4 rings (SSSR count). The van der Waals surface area contributed by atoms with E-state index < -0.39 is 23.5 Å². The number of carbonyl (C=O) groups is 2. The van der Waals surface area contributed by atoms with Gasteiger partial charge < -0.3 is 24.1 Å². The van der Waals surface area contributed by atoms with Gasteiger partial charge in [0.1, 0.15) is 18.8 Å². The molecule has 1 fully saturated rings. The van der Waals surface area contributed by atoms with Crippen molar-refractivity contribution in [3.63, 3.8) is 0 Å². The van der Waals surface area contributed by atoms with Crippen LogP contribution >= 0.6 is 0 Å². The lowest BCUT2D eigenvalue weighted by atomic mass is 9.96. The number of ether oxygens (including phenoxy) is 1. The first kappa shape index (κ1) is 20.1. The van der Waals surface area contributed by atoms with Gasteiger partial charge in [0.2, 0.25) is 0 Å². The number of aliphatic hydroxyl groups is 1. The van der Waals surface area contributed by atoms with Crippen molar-refractivity contribution < 1.29 is 28.7 Å². The molecule has 1 aromatic carbocycles. The third-order valence-corrected chi connectivity index (χ3v) is 5.53. The smallest absolute Gasteiger partial charge is 0.290 e. The molecule has 7 nitrogen and oxygen atoms in total. The summed E-state index contributed by atoms with van der Waals surface area (Å²) in [6.07, 6.45) is 4.39. The maximum Gasteiger partial charge on any atom is 0.290 e. The number of quaternary nitrogens is 1. The number of hydrogen-bond donors (Lipinski definition) is 2. The number of nitrogens with zero attached hydrogens (tertiary/aromatic N) is 1. The molecular formula is C23H25N2O5+. The summed E-state index contributed by atoms with van der Waals surface area (Å²) in [6.45, 7) is 4.35. The number of morpholine rings is 1. The van der Waals surface area contributed by atoms with Crippen LogP contribution in [0.5, 0.6) is 0 Å². The molecule has 156 valence electrons. The van der Waals surface area contributed by atoms with Gasteiger partial charge in [-0.05, 0) is 29.8 Å². The number of nitrogens with one attached hydrogen (secondary N) is 1. The molecule has 2 aliphatic heterocycles. The monoisotopic (exact) mass is 409 g/mol. The molecule has 2 aromatic rings. The molecule has 0 radical (unpaired) electrons. The Morgan fingerprint density at radius 1 is 1.17 bits per heavy atom. The van der Waals surface area contributed by atoms with Crippen LogP contribution < -0.4 is 4.90 Å². The molecular weight excluding hydrogens is 384 g/mol. The van der Waals surface area contributed by atoms with E-state index >= 15 is 0 Å². The Hall–Kier alpha value is -3.16. The van der Waals surface area contributed by atoms with Crippen LogP contribution in [0.25, 0.3) is 6.08 Å². The molecule has 0 aliphatic carbocycles. The number of benzene rings is 1. The molecule has 7 heteroatoms. The lowest BCUT2D eigenvalue weighted by Crippen LogP contribution is -3.14. The molecule has 2 aliphatic rings. The highest BCUT2D eigenvalue weighted by molar-refractivity contribution is 6.14. The highest BCUT2D eigenvalue weighted by Gasteiger charge is 2.43. The Morgan fingerprint density at radius 2 is 1.93 bits per heavy atom. The average Bonchev–Trinajstić information content (AvgIpc) is 3.39. The standard InChI is InChI=1S/C23H24N2O5/c26-19(9-8-18-7-4-14-30-18)20-21(17-5-2-1-3-6-17)25(23(28)22(20)27)11-10-24-12-15-29-16-13-24/h1-9,14,21,27H,10-13,15-16H2/p+1/b9-8+/t21-/m1/s1. The minimum atomic E-state index is -0.618. The molecule has 0 saturated carbocycles. The van der Waals surface area contributed by atoms with Gasteiger partial charge in [0.25, 0.3) is 5.91 Å². The first-order valence-electron chi connectivity index (χ1n) is 10.1. The van der Waals surface area contributed by atoms with E-state index in [4.69, 9.17) is 9.15 Å². The summed E-state index contributed by atoms with van der Waals surface area (Å²) in [5.74, 6) is -0.870. The summed E-state index contributed by atoms with van der Waals surface area (Å²) in [5, 5.41) is 10.6. The number of ketones is 1. The van der Waals surface area contributed by atoms with Gasteiger partial charge in [-0.15, -0.1) is 0 Å². The van der Waals surface area contributed by atoms with E-state index in [2.05, 4.69) is 0 Å². The lowest BCUT2D eigenvalue weighted by Gasteiger charge is -2.29. The van der Waals surface area contributed by atoms with Gasteiger partial charge in [-0.25, -0.2) is 0 Å². The van der Waals surface area contributed by atoms with Gasteiger partial charge in [0.15, 0.2) is 11.5 Å². The van der Waals surface area contributed by atoms with Crippen LogP contribution in [0.2, 0.25) is 0 Å². The molecule has 0 spiro atoms. The van der Waals surface area contributed by atoms with Crippen LogP contribution in [0.3, 0.4) is 0 Å². The fraction of sp³-hybridized carbons (Fsp3) is 0.304. The third-order valence-electron chi connectivity index (χ3n) is 5.53. The normalized spacial score (nSPS) is 20.5. The number of amides is 1. The Labute approximate surface area is 174 Å². The maximum atomic E-state index is 13.0. The van der Waals surface area contributed by atoms with Gasteiger partial charge in [0, 0.05) is 0 Å². The lowest BCUT2D eigenvalue weighted by molar-refractivity contribution is -0.907. The molecule has 30 heavy (non-hydrogen) atoms. The second-order valence-corrected chi connectivity index (χ2v) is 7.40. The second kappa shape index (κ2) is 9.11. The van der Waals surface area contributed by atoms with Crippen molar-refractivity contribution in [1.82, 2.24) is 4.90 Å².